The first-order chi connectivity index (χ1) is 18.2. The van der Waals surface area contributed by atoms with Crippen LogP contribution in [0.3, 0.4) is 0 Å². The molecule has 0 unspecified atom stereocenters. The summed E-state index contributed by atoms with van der Waals surface area (Å²) < 4.78 is 13.5. The van der Waals surface area contributed by atoms with Gasteiger partial charge < -0.3 is 4.98 Å². The number of hydrogen-bond acceptors (Lipinski definition) is 5. The number of likely N-dealkylation sites (tertiary alicyclic amines) is 1. The highest BCUT2D eigenvalue weighted by atomic mass is 19.1. The summed E-state index contributed by atoms with van der Waals surface area (Å²) in [6, 6.07) is 16.6. The smallest absolute Gasteiger partial charge is 0.159 e. The Balaban J connectivity index is 1.27. The normalized spacial score (nSPS) is 14.2. The fourth-order valence-corrected chi connectivity index (χ4v) is 5.17. The predicted octanol–water partition coefficient (Wildman–Crippen LogP) is 5.97. The molecule has 1 saturated heterocycles. The molecule has 0 bridgehead atoms. The van der Waals surface area contributed by atoms with Gasteiger partial charge in [-0.1, -0.05) is 24.3 Å². The molecule has 1 aliphatic rings. The third-order valence-corrected chi connectivity index (χ3v) is 7.03. The fraction of sp³-hybridized carbons (Fsp3) is 0.172. The van der Waals surface area contributed by atoms with Crippen molar-refractivity contribution in [3.05, 3.63) is 84.6 Å². The van der Waals surface area contributed by atoms with Gasteiger partial charge >= 0.3 is 0 Å². The van der Waals surface area contributed by atoms with Gasteiger partial charge in [0.05, 0.1) is 28.4 Å². The largest absolute Gasteiger partial charge is 0.337 e. The van der Waals surface area contributed by atoms with Crippen LogP contribution in [-0.4, -0.2) is 48.1 Å². The number of H-pyrrole nitrogens is 2. The number of benzene rings is 2. The van der Waals surface area contributed by atoms with Crippen LogP contribution in [0.5, 0.6) is 0 Å². The van der Waals surface area contributed by atoms with Crippen LogP contribution in [0.25, 0.3) is 55.8 Å². The molecule has 1 fully saturated rings. The molecule has 6 aromatic rings. The van der Waals surface area contributed by atoms with E-state index in [-0.39, 0.29) is 5.82 Å². The van der Waals surface area contributed by atoms with E-state index in [2.05, 4.69) is 36.1 Å². The Labute approximate surface area is 212 Å². The molecule has 0 atom stereocenters. The van der Waals surface area contributed by atoms with Crippen molar-refractivity contribution in [2.24, 2.45) is 0 Å². The summed E-state index contributed by atoms with van der Waals surface area (Å²) >= 11 is 0. The Kier molecular flexibility index (Phi) is 5.25. The standard InChI is InChI=1S/C29H24FN7/c30-21-8-6-19(7-9-21)22-4-3-5-24-27(22)34-29(33-24)28-23-13-25(32-16-26(23)35-36-28)20-12-18(14-31-15-20)17-37-10-1-2-11-37/h3-9,12-16H,1-2,10-11,17H2,(H,33,34)(H,35,36). The Bertz CT molecular complexity index is 1730. The van der Waals surface area contributed by atoms with Crippen molar-refractivity contribution in [1.82, 2.24) is 35.0 Å². The zero-order valence-corrected chi connectivity index (χ0v) is 20.1. The summed E-state index contributed by atoms with van der Waals surface area (Å²) in [4.78, 5) is 20.0. The van der Waals surface area contributed by atoms with Crippen LogP contribution in [0, 0.1) is 5.82 Å². The van der Waals surface area contributed by atoms with Gasteiger partial charge in [0.2, 0.25) is 0 Å². The van der Waals surface area contributed by atoms with Gasteiger partial charge in [0.15, 0.2) is 5.82 Å². The molecule has 0 aliphatic carbocycles. The highest BCUT2D eigenvalue weighted by Gasteiger charge is 2.17. The van der Waals surface area contributed by atoms with E-state index >= 15 is 0 Å². The second-order valence-electron chi connectivity index (χ2n) is 9.55. The second-order valence-corrected chi connectivity index (χ2v) is 9.55. The second kappa shape index (κ2) is 8.90. The van der Waals surface area contributed by atoms with E-state index in [1.54, 1.807) is 18.3 Å². The van der Waals surface area contributed by atoms with Crippen molar-refractivity contribution in [1.29, 1.82) is 0 Å². The zero-order valence-electron chi connectivity index (χ0n) is 20.1. The third-order valence-electron chi connectivity index (χ3n) is 7.03. The Morgan fingerprint density at radius 3 is 2.62 bits per heavy atom. The molecular formula is C29H24FN7. The van der Waals surface area contributed by atoms with E-state index < -0.39 is 0 Å². The molecule has 0 spiro atoms. The third kappa shape index (κ3) is 4.05. The van der Waals surface area contributed by atoms with Crippen LogP contribution in [0.1, 0.15) is 18.4 Å². The van der Waals surface area contributed by atoms with Crippen molar-refractivity contribution < 1.29 is 4.39 Å². The summed E-state index contributed by atoms with van der Waals surface area (Å²) in [5, 5.41) is 8.58. The number of pyridine rings is 2. The van der Waals surface area contributed by atoms with E-state index in [4.69, 9.17) is 4.98 Å². The highest BCUT2D eigenvalue weighted by molar-refractivity contribution is 5.97. The van der Waals surface area contributed by atoms with Crippen LogP contribution < -0.4 is 0 Å². The number of halogens is 1. The van der Waals surface area contributed by atoms with E-state index in [0.29, 0.717) is 5.82 Å². The van der Waals surface area contributed by atoms with Crippen molar-refractivity contribution in [3.63, 3.8) is 0 Å². The summed E-state index contributed by atoms with van der Waals surface area (Å²) in [6.07, 6.45) is 8.14. The molecule has 37 heavy (non-hydrogen) atoms. The maximum atomic E-state index is 13.5. The highest BCUT2D eigenvalue weighted by Crippen LogP contribution is 2.32. The lowest BCUT2D eigenvalue weighted by atomic mass is 10.0. The van der Waals surface area contributed by atoms with E-state index in [1.165, 1.54) is 30.5 Å². The minimum Gasteiger partial charge on any atom is -0.337 e. The maximum Gasteiger partial charge on any atom is 0.159 e. The summed E-state index contributed by atoms with van der Waals surface area (Å²) in [5.74, 6) is 0.400. The molecular weight excluding hydrogens is 465 g/mol. The molecule has 7 nitrogen and oxygen atoms in total. The summed E-state index contributed by atoms with van der Waals surface area (Å²) in [7, 11) is 0. The van der Waals surface area contributed by atoms with Crippen LogP contribution in [0.15, 0.2) is 73.2 Å². The quantitative estimate of drug-likeness (QED) is 0.312. The zero-order chi connectivity index (χ0) is 24.8. The number of para-hydroxylation sites is 1. The minimum atomic E-state index is -0.261. The Hall–Kier alpha value is -4.43. The minimum absolute atomic E-state index is 0.261. The molecule has 5 heterocycles. The molecule has 4 aromatic heterocycles. The van der Waals surface area contributed by atoms with Gasteiger partial charge in [-0.05, 0) is 67.4 Å². The first-order valence-electron chi connectivity index (χ1n) is 12.5. The predicted molar refractivity (Wildman–Crippen MR) is 142 cm³/mol. The van der Waals surface area contributed by atoms with Crippen LogP contribution in [-0.2, 0) is 6.54 Å². The lowest BCUT2D eigenvalue weighted by molar-refractivity contribution is 0.331. The number of rotatable bonds is 5. The fourth-order valence-electron chi connectivity index (χ4n) is 5.17. The van der Waals surface area contributed by atoms with E-state index in [0.717, 1.165) is 69.6 Å². The molecule has 7 rings (SSSR count). The van der Waals surface area contributed by atoms with Gasteiger partial charge in [-0.15, -0.1) is 0 Å². The molecule has 0 saturated carbocycles. The monoisotopic (exact) mass is 489 g/mol. The Morgan fingerprint density at radius 1 is 0.892 bits per heavy atom. The molecule has 2 N–H and O–H groups in total. The molecule has 0 amide bonds. The topological polar surface area (TPSA) is 86.4 Å². The number of aromatic amines is 2. The van der Waals surface area contributed by atoms with Crippen molar-refractivity contribution in [2.45, 2.75) is 19.4 Å². The number of nitrogens with zero attached hydrogens (tertiary/aromatic N) is 5. The number of hydrogen-bond donors (Lipinski definition) is 2. The number of nitrogens with one attached hydrogen (secondary N) is 2. The van der Waals surface area contributed by atoms with Crippen molar-refractivity contribution in [2.75, 3.05) is 13.1 Å². The van der Waals surface area contributed by atoms with Crippen LogP contribution >= 0.6 is 0 Å². The molecule has 2 aromatic carbocycles. The molecule has 0 radical (unpaired) electrons. The van der Waals surface area contributed by atoms with Gasteiger partial charge in [0.25, 0.3) is 0 Å². The summed E-state index contributed by atoms with van der Waals surface area (Å²) in [5.41, 5.74) is 8.12. The number of imidazole rings is 1. The Morgan fingerprint density at radius 2 is 1.76 bits per heavy atom. The lowest BCUT2D eigenvalue weighted by Crippen LogP contribution is -2.18. The van der Waals surface area contributed by atoms with Crippen LogP contribution in [0.2, 0.25) is 0 Å². The average molecular weight is 490 g/mol. The molecule has 8 heteroatoms. The van der Waals surface area contributed by atoms with Gasteiger partial charge in [-0.2, -0.15) is 5.10 Å². The van der Waals surface area contributed by atoms with Gasteiger partial charge in [0, 0.05) is 35.5 Å². The van der Waals surface area contributed by atoms with E-state index in [9.17, 15) is 4.39 Å². The first-order valence-corrected chi connectivity index (χ1v) is 12.5. The van der Waals surface area contributed by atoms with Gasteiger partial charge in [-0.3, -0.25) is 20.0 Å². The van der Waals surface area contributed by atoms with Gasteiger partial charge in [0.1, 0.15) is 11.5 Å². The van der Waals surface area contributed by atoms with Gasteiger partial charge in [-0.25, -0.2) is 9.37 Å². The SMILES string of the molecule is Fc1ccc(-c2cccc3[nH]c(-c4n[nH]c5cnc(-c6cncc(CN7CCCC7)c6)cc45)nc23)cc1. The average Bonchev–Trinajstić information content (AvgIpc) is 3.68. The number of aromatic nitrogens is 6. The molecule has 182 valence electrons. The summed E-state index contributed by atoms with van der Waals surface area (Å²) in [6.45, 7) is 3.20. The maximum absolute atomic E-state index is 13.5. The van der Waals surface area contributed by atoms with Crippen molar-refractivity contribution >= 4 is 21.9 Å². The van der Waals surface area contributed by atoms with Crippen LogP contribution in [0.4, 0.5) is 4.39 Å². The lowest BCUT2D eigenvalue weighted by Gasteiger charge is -2.14. The number of fused-ring (bicyclic) bond motifs is 2. The van der Waals surface area contributed by atoms with E-state index in [1.807, 2.05) is 36.7 Å². The van der Waals surface area contributed by atoms with Crippen molar-refractivity contribution in [3.8, 4) is 33.9 Å². The molecule has 1 aliphatic heterocycles. The first kappa shape index (κ1) is 21.8.